The fraction of sp³-hybridized carbons (Fsp3) is 0.316. The Morgan fingerprint density at radius 3 is 2.41 bits per heavy atom. The van der Waals surface area contributed by atoms with Crippen molar-refractivity contribution in [2.75, 3.05) is 19.0 Å². The molecule has 0 fully saturated rings. The van der Waals surface area contributed by atoms with Crippen molar-refractivity contribution in [3.63, 3.8) is 0 Å². The first kappa shape index (κ1) is 20.7. The van der Waals surface area contributed by atoms with Gasteiger partial charge in [-0.05, 0) is 49.7 Å². The first-order chi connectivity index (χ1) is 12.9. The largest absolute Gasteiger partial charge is 0.495 e. The molecule has 0 unspecified atom stereocenters. The molecule has 146 valence electrons. The van der Waals surface area contributed by atoms with E-state index in [0.717, 1.165) is 0 Å². The Morgan fingerprint density at radius 2 is 1.78 bits per heavy atom. The Bertz CT molecular complexity index is 866. The van der Waals surface area contributed by atoms with Gasteiger partial charge in [0.25, 0.3) is 5.91 Å². The van der Waals surface area contributed by atoms with Crippen molar-refractivity contribution < 1.29 is 22.7 Å². The molecule has 2 aromatic carbocycles. The quantitative estimate of drug-likeness (QED) is 0.684. The van der Waals surface area contributed by atoms with Gasteiger partial charge in [-0.3, -0.25) is 4.79 Å². The molecule has 0 heterocycles. The van der Waals surface area contributed by atoms with Crippen molar-refractivity contribution in [1.82, 2.24) is 4.72 Å². The van der Waals surface area contributed by atoms with Crippen LogP contribution in [0.1, 0.15) is 20.3 Å². The molecule has 0 aliphatic heterocycles. The molecule has 0 aliphatic carbocycles. The van der Waals surface area contributed by atoms with E-state index in [2.05, 4.69) is 10.0 Å². The number of para-hydroxylation sites is 2. The summed E-state index contributed by atoms with van der Waals surface area (Å²) in [5.41, 5.74) is 0.547. The highest BCUT2D eigenvalue weighted by Gasteiger charge is 2.16. The van der Waals surface area contributed by atoms with Crippen LogP contribution in [0, 0.1) is 0 Å². The van der Waals surface area contributed by atoms with E-state index in [-0.39, 0.29) is 23.5 Å². The van der Waals surface area contributed by atoms with E-state index in [1.165, 1.54) is 31.4 Å². The van der Waals surface area contributed by atoms with Gasteiger partial charge in [0, 0.05) is 6.04 Å². The van der Waals surface area contributed by atoms with Gasteiger partial charge < -0.3 is 14.8 Å². The molecule has 0 saturated heterocycles. The number of carbonyl (C=O) groups is 1. The molecule has 2 N–H and O–H groups in total. The third-order valence-corrected chi connectivity index (χ3v) is 5.46. The van der Waals surface area contributed by atoms with Crippen LogP contribution in [0.2, 0.25) is 0 Å². The number of sulfonamides is 1. The molecule has 0 aromatic heterocycles. The third kappa shape index (κ3) is 5.97. The lowest BCUT2D eigenvalue weighted by Gasteiger charge is -2.13. The highest BCUT2D eigenvalue weighted by atomic mass is 32.2. The number of hydrogen-bond donors (Lipinski definition) is 2. The Morgan fingerprint density at radius 1 is 1.11 bits per heavy atom. The summed E-state index contributed by atoms with van der Waals surface area (Å²) in [5, 5.41) is 2.70. The van der Waals surface area contributed by atoms with Crippen LogP contribution in [0.15, 0.2) is 53.4 Å². The van der Waals surface area contributed by atoms with E-state index in [0.29, 0.717) is 23.6 Å². The van der Waals surface area contributed by atoms with E-state index in [1.807, 2.05) is 6.92 Å². The molecule has 0 spiro atoms. The topological polar surface area (TPSA) is 93.7 Å². The van der Waals surface area contributed by atoms with Gasteiger partial charge in [0.05, 0.1) is 17.7 Å². The maximum Gasteiger partial charge on any atom is 0.262 e. The van der Waals surface area contributed by atoms with Crippen molar-refractivity contribution in [3.05, 3.63) is 48.5 Å². The summed E-state index contributed by atoms with van der Waals surface area (Å²) in [7, 11) is -2.05. The lowest BCUT2D eigenvalue weighted by Crippen LogP contribution is -2.31. The zero-order chi connectivity index (χ0) is 19.9. The SMILES string of the molecule is CC[C@H](C)NS(=O)(=O)c1ccc(OCC(=O)Nc2ccccc2OC)cc1. The van der Waals surface area contributed by atoms with Crippen LogP contribution in [0.4, 0.5) is 5.69 Å². The van der Waals surface area contributed by atoms with Crippen LogP contribution in [0.5, 0.6) is 11.5 Å². The molecule has 2 rings (SSSR count). The van der Waals surface area contributed by atoms with Crippen LogP contribution in [-0.4, -0.2) is 34.1 Å². The van der Waals surface area contributed by atoms with Gasteiger partial charge in [-0.1, -0.05) is 19.1 Å². The average molecular weight is 392 g/mol. The molecule has 2 aromatic rings. The highest BCUT2D eigenvalue weighted by Crippen LogP contribution is 2.23. The van der Waals surface area contributed by atoms with Gasteiger partial charge in [0.2, 0.25) is 10.0 Å². The average Bonchev–Trinajstić information content (AvgIpc) is 2.66. The Labute approximate surface area is 159 Å². The summed E-state index contributed by atoms with van der Waals surface area (Å²) >= 11 is 0. The molecule has 0 bridgehead atoms. The second-order valence-electron chi connectivity index (χ2n) is 5.94. The van der Waals surface area contributed by atoms with Gasteiger partial charge >= 0.3 is 0 Å². The van der Waals surface area contributed by atoms with E-state index >= 15 is 0 Å². The predicted octanol–water partition coefficient (Wildman–Crippen LogP) is 2.79. The summed E-state index contributed by atoms with van der Waals surface area (Å²) in [5.74, 6) is 0.594. The van der Waals surface area contributed by atoms with Crippen LogP contribution >= 0.6 is 0 Å². The summed E-state index contributed by atoms with van der Waals surface area (Å²) in [6.45, 7) is 3.49. The minimum atomic E-state index is -3.57. The van der Waals surface area contributed by atoms with E-state index < -0.39 is 10.0 Å². The summed E-state index contributed by atoms with van der Waals surface area (Å²) in [4.78, 5) is 12.2. The molecule has 1 atom stereocenters. The standard InChI is InChI=1S/C19H24N2O5S/c1-4-14(2)21-27(23,24)16-11-9-15(10-12-16)26-13-19(22)20-17-7-5-6-8-18(17)25-3/h5-12,14,21H,4,13H2,1-3H3,(H,20,22)/t14-/m0/s1. The van der Waals surface area contributed by atoms with Crippen LogP contribution in [0.25, 0.3) is 0 Å². The Hall–Kier alpha value is -2.58. The van der Waals surface area contributed by atoms with Crippen LogP contribution in [-0.2, 0) is 14.8 Å². The van der Waals surface area contributed by atoms with Gasteiger partial charge in [0.15, 0.2) is 6.61 Å². The number of methoxy groups -OCH3 is 1. The number of carbonyl (C=O) groups excluding carboxylic acids is 1. The van der Waals surface area contributed by atoms with E-state index in [9.17, 15) is 13.2 Å². The van der Waals surface area contributed by atoms with Crippen molar-refractivity contribution >= 4 is 21.6 Å². The zero-order valence-corrected chi connectivity index (χ0v) is 16.4. The van der Waals surface area contributed by atoms with Crippen LogP contribution in [0.3, 0.4) is 0 Å². The molecular formula is C19H24N2O5S. The van der Waals surface area contributed by atoms with Crippen molar-refractivity contribution in [3.8, 4) is 11.5 Å². The highest BCUT2D eigenvalue weighted by molar-refractivity contribution is 7.89. The number of rotatable bonds is 9. The number of ether oxygens (including phenoxy) is 2. The second kappa shape index (κ2) is 9.38. The van der Waals surface area contributed by atoms with Crippen molar-refractivity contribution in [1.29, 1.82) is 0 Å². The summed E-state index contributed by atoms with van der Waals surface area (Å²) in [6, 6.07) is 12.8. The van der Waals surface area contributed by atoms with Crippen molar-refractivity contribution in [2.24, 2.45) is 0 Å². The van der Waals surface area contributed by atoms with Gasteiger partial charge in [-0.2, -0.15) is 0 Å². The number of amides is 1. The lowest BCUT2D eigenvalue weighted by atomic mass is 10.3. The first-order valence-corrected chi connectivity index (χ1v) is 10.0. The predicted molar refractivity (Wildman–Crippen MR) is 104 cm³/mol. The van der Waals surface area contributed by atoms with E-state index in [1.54, 1.807) is 31.2 Å². The fourth-order valence-corrected chi connectivity index (χ4v) is 3.54. The normalized spacial score (nSPS) is 12.3. The smallest absolute Gasteiger partial charge is 0.262 e. The minimum Gasteiger partial charge on any atom is -0.495 e. The third-order valence-electron chi connectivity index (χ3n) is 3.85. The number of benzene rings is 2. The number of hydrogen-bond acceptors (Lipinski definition) is 5. The Kier molecular flexibility index (Phi) is 7.20. The van der Waals surface area contributed by atoms with Crippen molar-refractivity contribution in [2.45, 2.75) is 31.2 Å². The van der Waals surface area contributed by atoms with Crippen LogP contribution < -0.4 is 19.5 Å². The molecule has 0 aliphatic rings. The van der Waals surface area contributed by atoms with Gasteiger partial charge in [-0.15, -0.1) is 0 Å². The number of anilines is 1. The lowest BCUT2D eigenvalue weighted by molar-refractivity contribution is -0.118. The number of nitrogens with one attached hydrogen (secondary N) is 2. The monoisotopic (exact) mass is 392 g/mol. The molecule has 27 heavy (non-hydrogen) atoms. The zero-order valence-electron chi connectivity index (χ0n) is 15.6. The molecule has 0 saturated carbocycles. The molecule has 0 radical (unpaired) electrons. The molecule has 1 amide bonds. The molecular weight excluding hydrogens is 368 g/mol. The first-order valence-electron chi connectivity index (χ1n) is 8.53. The van der Waals surface area contributed by atoms with Gasteiger partial charge in [0.1, 0.15) is 11.5 Å². The molecule has 7 nitrogen and oxygen atoms in total. The summed E-state index contributed by atoms with van der Waals surface area (Å²) in [6.07, 6.45) is 0.696. The van der Waals surface area contributed by atoms with Gasteiger partial charge in [-0.25, -0.2) is 13.1 Å². The maximum atomic E-state index is 12.2. The molecule has 8 heteroatoms. The minimum absolute atomic E-state index is 0.147. The Balaban J connectivity index is 1.94. The van der Waals surface area contributed by atoms with E-state index in [4.69, 9.17) is 9.47 Å². The maximum absolute atomic E-state index is 12.2. The fourth-order valence-electron chi connectivity index (χ4n) is 2.21. The second-order valence-corrected chi connectivity index (χ2v) is 7.65. The summed E-state index contributed by atoms with van der Waals surface area (Å²) < 4.78 is 37.6.